The zero-order valence-electron chi connectivity index (χ0n) is 13.3. The van der Waals surface area contributed by atoms with Gasteiger partial charge in [-0.25, -0.2) is 0 Å². The summed E-state index contributed by atoms with van der Waals surface area (Å²) in [6.07, 6.45) is 10.6. The molecule has 0 aliphatic carbocycles. The summed E-state index contributed by atoms with van der Waals surface area (Å²) in [7, 11) is -4.30. The van der Waals surface area contributed by atoms with Gasteiger partial charge in [-0.2, -0.15) is 8.42 Å². The van der Waals surface area contributed by atoms with E-state index in [1.165, 1.54) is 38.5 Å². The van der Waals surface area contributed by atoms with E-state index in [9.17, 15) is 13.2 Å². The van der Waals surface area contributed by atoms with Crippen molar-refractivity contribution in [1.29, 1.82) is 0 Å². The molecule has 0 spiro atoms. The molecule has 1 atom stereocenters. The predicted molar refractivity (Wildman–Crippen MR) is 83.6 cm³/mol. The maximum atomic E-state index is 11.5. The van der Waals surface area contributed by atoms with Crippen LogP contribution >= 0.6 is 0 Å². The maximum absolute atomic E-state index is 11.5. The van der Waals surface area contributed by atoms with E-state index in [0.29, 0.717) is 6.42 Å². The number of unbranched alkanes of at least 4 members (excludes halogenated alkanes) is 8. The Bertz CT molecular complexity index is 364. The van der Waals surface area contributed by atoms with Gasteiger partial charge in [0.1, 0.15) is 0 Å². The van der Waals surface area contributed by atoms with Crippen molar-refractivity contribution in [3.05, 3.63) is 0 Å². The maximum Gasteiger partial charge on any atom is 0.307 e. The van der Waals surface area contributed by atoms with Gasteiger partial charge < -0.3 is 4.74 Å². The molecule has 0 rings (SSSR count). The minimum Gasteiger partial charge on any atom is -0.443 e. The Labute approximate surface area is 129 Å². The summed E-state index contributed by atoms with van der Waals surface area (Å²) in [6, 6.07) is 0. The summed E-state index contributed by atoms with van der Waals surface area (Å²) in [4.78, 5) is 11.5. The molecule has 1 N–H and O–H groups in total. The summed E-state index contributed by atoms with van der Waals surface area (Å²) in [5, 5.41) is 0. The Morgan fingerprint density at radius 1 is 0.952 bits per heavy atom. The lowest BCUT2D eigenvalue weighted by Crippen LogP contribution is -2.26. The molecule has 0 saturated carbocycles. The van der Waals surface area contributed by atoms with Crippen LogP contribution in [0.15, 0.2) is 0 Å². The van der Waals surface area contributed by atoms with Gasteiger partial charge in [0.15, 0.2) is 0 Å². The van der Waals surface area contributed by atoms with Gasteiger partial charge in [-0.1, -0.05) is 65.2 Å². The van der Waals surface area contributed by atoms with E-state index in [4.69, 9.17) is 9.29 Å². The molecule has 0 fully saturated rings. The van der Waals surface area contributed by atoms with Crippen LogP contribution in [0.25, 0.3) is 0 Å². The summed E-state index contributed by atoms with van der Waals surface area (Å²) < 4.78 is 35.4. The van der Waals surface area contributed by atoms with Gasteiger partial charge in [-0.05, 0) is 12.8 Å². The molecular formula is C15H30O5S. The molecule has 0 aromatic heterocycles. The molecular weight excluding hydrogens is 292 g/mol. The number of rotatable bonds is 13. The third kappa shape index (κ3) is 11.7. The Hall–Kier alpha value is -0.620. The van der Waals surface area contributed by atoms with Crippen LogP contribution in [-0.2, 0) is 19.6 Å². The summed E-state index contributed by atoms with van der Waals surface area (Å²) in [5.41, 5.74) is -1.43. The zero-order valence-corrected chi connectivity index (χ0v) is 14.2. The Kier molecular flexibility index (Phi) is 11.6. The molecule has 5 nitrogen and oxygen atoms in total. The standard InChI is InChI=1S/C15H30O5S/c1-3-5-6-7-8-9-10-11-12-13-14(16)20-15(4-2)21(17,18)19/h15H,3-13H2,1-2H3,(H,17,18,19). The first-order chi connectivity index (χ1) is 9.91. The first-order valence-corrected chi connectivity index (χ1v) is 9.57. The van der Waals surface area contributed by atoms with Gasteiger partial charge in [0.2, 0.25) is 5.44 Å². The first kappa shape index (κ1) is 20.4. The average Bonchev–Trinajstić information content (AvgIpc) is 2.41. The molecule has 0 aliphatic rings. The van der Waals surface area contributed by atoms with Crippen LogP contribution in [0.5, 0.6) is 0 Å². The summed E-state index contributed by atoms with van der Waals surface area (Å²) in [5.74, 6) is -0.553. The second kappa shape index (κ2) is 12.0. The van der Waals surface area contributed by atoms with E-state index < -0.39 is 21.5 Å². The van der Waals surface area contributed by atoms with E-state index in [2.05, 4.69) is 6.92 Å². The smallest absolute Gasteiger partial charge is 0.307 e. The van der Waals surface area contributed by atoms with Crippen molar-refractivity contribution in [3.63, 3.8) is 0 Å². The highest BCUT2D eigenvalue weighted by molar-refractivity contribution is 7.86. The zero-order chi connectivity index (χ0) is 16.1. The van der Waals surface area contributed by atoms with Crippen LogP contribution in [0.1, 0.15) is 84.5 Å². The van der Waals surface area contributed by atoms with Gasteiger partial charge >= 0.3 is 16.1 Å². The van der Waals surface area contributed by atoms with Gasteiger partial charge in [0.25, 0.3) is 0 Å². The van der Waals surface area contributed by atoms with Crippen LogP contribution in [0.3, 0.4) is 0 Å². The Balaban J connectivity index is 3.58. The fourth-order valence-electron chi connectivity index (χ4n) is 2.14. The van der Waals surface area contributed by atoms with Crippen molar-refractivity contribution >= 4 is 16.1 Å². The number of hydrogen-bond acceptors (Lipinski definition) is 4. The molecule has 21 heavy (non-hydrogen) atoms. The lowest BCUT2D eigenvalue weighted by atomic mass is 10.1. The molecule has 0 radical (unpaired) electrons. The molecule has 0 heterocycles. The summed E-state index contributed by atoms with van der Waals surface area (Å²) in [6.45, 7) is 3.74. The lowest BCUT2D eigenvalue weighted by Gasteiger charge is -2.12. The monoisotopic (exact) mass is 322 g/mol. The van der Waals surface area contributed by atoms with Crippen molar-refractivity contribution in [1.82, 2.24) is 0 Å². The van der Waals surface area contributed by atoms with Crippen LogP contribution in [0.4, 0.5) is 0 Å². The second-order valence-corrected chi connectivity index (χ2v) is 6.98. The van der Waals surface area contributed by atoms with E-state index in [1.54, 1.807) is 6.92 Å². The largest absolute Gasteiger partial charge is 0.443 e. The van der Waals surface area contributed by atoms with Crippen molar-refractivity contribution in [2.45, 2.75) is 89.9 Å². The highest BCUT2D eigenvalue weighted by atomic mass is 32.2. The minimum atomic E-state index is -4.30. The number of ether oxygens (including phenoxy) is 1. The molecule has 0 aromatic rings. The van der Waals surface area contributed by atoms with Gasteiger partial charge in [0, 0.05) is 6.42 Å². The van der Waals surface area contributed by atoms with Crippen molar-refractivity contribution < 1.29 is 22.5 Å². The molecule has 0 bridgehead atoms. The SMILES string of the molecule is CCCCCCCCCCCC(=O)OC(CC)S(=O)(=O)O. The molecule has 0 amide bonds. The van der Waals surface area contributed by atoms with Crippen molar-refractivity contribution in [2.75, 3.05) is 0 Å². The van der Waals surface area contributed by atoms with Crippen LogP contribution in [-0.4, -0.2) is 24.4 Å². The van der Waals surface area contributed by atoms with E-state index in [0.717, 1.165) is 12.8 Å². The summed E-state index contributed by atoms with van der Waals surface area (Å²) >= 11 is 0. The van der Waals surface area contributed by atoms with Crippen LogP contribution in [0.2, 0.25) is 0 Å². The van der Waals surface area contributed by atoms with Crippen LogP contribution < -0.4 is 0 Å². The van der Waals surface area contributed by atoms with Gasteiger partial charge in [-0.15, -0.1) is 0 Å². The fraction of sp³-hybridized carbons (Fsp3) is 0.933. The number of hydrogen-bond donors (Lipinski definition) is 1. The molecule has 0 aromatic carbocycles. The van der Waals surface area contributed by atoms with E-state index in [-0.39, 0.29) is 12.8 Å². The third-order valence-corrected chi connectivity index (χ3v) is 4.51. The molecule has 126 valence electrons. The number of esters is 1. The van der Waals surface area contributed by atoms with Crippen molar-refractivity contribution in [2.24, 2.45) is 0 Å². The minimum absolute atomic E-state index is 0.0579. The second-order valence-electron chi connectivity index (χ2n) is 5.42. The number of carbonyl (C=O) groups is 1. The van der Waals surface area contributed by atoms with Crippen molar-refractivity contribution in [3.8, 4) is 0 Å². The molecule has 0 saturated heterocycles. The topological polar surface area (TPSA) is 80.7 Å². The lowest BCUT2D eigenvalue weighted by molar-refractivity contribution is -0.145. The fourth-order valence-corrected chi connectivity index (χ4v) is 2.79. The molecule has 6 heteroatoms. The first-order valence-electron chi connectivity index (χ1n) is 8.07. The highest BCUT2D eigenvalue weighted by Crippen LogP contribution is 2.12. The van der Waals surface area contributed by atoms with E-state index >= 15 is 0 Å². The highest BCUT2D eigenvalue weighted by Gasteiger charge is 2.24. The normalized spacial score (nSPS) is 13.1. The van der Waals surface area contributed by atoms with Crippen LogP contribution in [0, 0.1) is 0 Å². The molecule has 1 unspecified atom stereocenters. The third-order valence-electron chi connectivity index (χ3n) is 3.41. The number of carbonyl (C=O) groups excluding carboxylic acids is 1. The van der Waals surface area contributed by atoms with E-state index in [1.807, 2.05) is 0 Å². The Morgan fingerprint density at radius 3 is 1.86 bits per heavy atom. The Morgan fingerprint density at radius 2 is 1.43 bits per heavy atom. The quantitative estimate of drug-likeness (QED) is 0.314. The predicted octanol–water partition coefficient (Wildman–Crippen LogP) is 4.07. The van der Waals surface area contributed by atoms with Gasteiger partial charge in [-0.3, -0.25) is 9.35 Å². The van der Waals surface area contributed by atoms with Gasteiger partial charge in [0.05, 0.1) is 0 Å². The molecule has 0 aliphatic heterocycles. The average molecular weight is 322 g/mol.